The number of aliphatic hydroxyl groups is 1. The van der Waals surface area contributed by atoms with Gasteiger partial charge in [0.1, 0.15) is 6.29 Å². The van der Waals surface area contributed by atoms with Gasteiger partial charge in [-0.2, -0.15) is 0 Å². The molecule has 70 valence electrons. The lowest BCUT2D eigenvalue weighted by molar-refractivity contribution is -0.117. The minimum atomic E-state index is -0.0812. The van der Waals surface area contributed by atoms with Gasteiger partial charge in [-0.05, 0) is 25.2 Å². The molecule has 1 unspecified atom stereocenters. The summed E-state index contributed by atoms with van der Waals surface area (Å²) >= 11 is 0. The van der Waals surface area contributed by atoms with E-state index in [4.69, 9.17) is 5.11 Å². The molecule has 1 saturated carbocycles. The van der Waals surface area contributed by atoms with E-state index in [1.54, 1.807) is 0 Å². The lowest BCUT2D eigenvalue weighted by Gasteiger charge is -2.24. The minimum Gasteiger partial charge on any atom is -0.396 e. The number of rotatable bonds is 4. The van der Waals surface area contributed by atoms with Gasteiger partial charge in [0.2, 0.25) is 0 Å². The molecule has 0 aromatic carbocycles. The summed E-state index contributed by atoms with van der Waals surface area (Å²) in [5, 5.41) is 8.89. The standard InChI is InChI=1S/C10H18O2/c1-9(7-11)6-10(8-12)4-2-3-5-10/h8-9,11H,2-7H2,1H3. The Kier molecular flexibility index (Phi) is 3.27. The van der Waals surface area contributed by atoms with E-state index in [1.165, 1.54) is 12.8 Å². The summed E-state index contributed by atoms with van der Waals surface area (Å²) in [6, 6.07) is 0. The van der Waals surface area contributed by atoms with Crippen molar-refractivity contribution in [2.45, 2.75) is 39.0 Å². The molecule has 0 amide bonds. The van der Waals surface area contributed by atoms with Crippen LogP contribution in [0.4, 0.5) is 0 Å². The van der Waals surface area contributed by atoms with Gasteiger partial charge in [0, 0.05) is 12.0 Å². The Morgan fingerprint density at radius 2 is 2.08 bits per heavy atom. The van der Waals surface area contributed by atoms with Gasteiger partial charge < -0.3 is 9.90 Å². The molecule has 1 fully saturated rings. The van der Waals surface area contributed by atoms with Crippen LogP contribution in [0.1, 0.15) is 39.0 Å². The maximum atomic E-state index is 10.9. The van der Waals surface area contributed by atoms with Crippen molar-refractivity contribution in [3.63, 3.8) is 0 Å². The van der Waals surface area contributed by atoms with E-state index in [-0.39, 0.29) is 17.9 Å². The van der Waals surface area contributed by atoms with Crippen LogP contribution in [0, 0.1) is 11.3 Å². The van der Waals surface area contributed by atoms with E-state index >= 15 is 0 Å². The number of hydrogen-bond donors (Lipinski definition) is 1. The van der Waals surface area contributed by atoms with Gasteiger partial charge in [-0.1, -0.05) is 19.8 Å². The molecule has 0 bridgehead atoms. The highest BCUT2D eigenvalue weighted by molar-refractivity contribution is 5.59. The second kappa shape index (κ2) is 4.04. The minimum absolute atomic E-state index is 0.0812. The Morgan fingerprint density at radius 1 is 1.50 bits per heavy atom. The zero-order valence-electron chi connectivity index (χ0n) is 7.75. The molecule has 0 saturated heterocycles. The molecule has 1 N–H and O–H groups in total. The highest BCUT2D eigenvalue weighted by Crippen LogP contribution is 2.41. The van der Waals surface area contributed by atoms with Crippen molar-refractivity contribution >= 4 is 6.29 Å². The van der Waals surface area contributed by atoms with Crippen LogP contribution >= 0.6 is 0 Å². The molecule has 0 aromatic rings. The number of carbonyl (C=O) groups excluding carboxylic acids is 1. The summed E-state index contributed by atoms with van der Waals surface area (Å²) in [6.45, 7) is 2.21. The first-order valence-corrected chi connectivity index (χ1v) is 4.80. The van der Waals surface area contributed by atoms with Crippen LogP contribution in [0.3, 0.4) is 0 Å². The fraction of sp³-hybridized carbons (Fsp3) is 0.900. The summed E-state index contributed by atoms with van der Waals surface area (Å²) < 4.78 is 0. The lowest BCUT2D eigenvalue weighted by atomic mass is 9.80. The maximum Gasteiger partial charge on any atom is 0.126 e. The van der Waals surface area contributed by atoms with Crippen molar-refractivity contribution in [1.29, 1.82) is 0 Å². The van der Waals surface area contributed by atoms with Crippen LogP contribution in [-0.2, 0) is 4.79 Å². The van der Waals surface area contributed by atoms with E-state index in [1.807, 2.05) is 6.92 Å². The summed E-state index contributed by atoms with van der Waals surface area (Å²) in [6.07, 6.45) is 6.40. The van der Waals surface area contributed by atoms with Crippen molar-refractivity contribution in [3.8, 4) is 0 Å². The highest BCUT2D eigenvalue weighted by Gasteiger charge is 2.34. The second-order valence-corrected chi connectivity index (χ2v) is 4.18. The molecule has 0 aromatic heterocycles. The van der Waals surface area contributed by atoms with Crippen LogP contribution in [0.5, 0.6) is 0 Å². The Bertz CT molecular complexity index is 148. The predicted octanol–water partition coefficient (Wildman–Crippen LogP) is 1.76. The average Bonchev–Trinajstić information content (AvgIpc) is 2.54. The Labute approximate surface area is 74.0 Å². The first-order chi connectivity index (χ1) is 5.72. The van der Waals surface area contributed by atoms with Gasteiger partial charge in [-0.15, -0.1) is 0 Å². The van der Waals surface area contributed by atoms with E-state index < -0.39 is 0 Å². The van der Waals surface area contributed by atoms with E-state index in [2.05, 4.69) is 0 Å². The van der Waals surface area contributed by atoms with Gasteiger partial charge in [0.05, 0.1) is 0 Å². The van der Waals surface area contributed by atoms with Crippen LogP contribution in [0.25, 0.3) is 0 Å². The third-order valence-corrected chi connectivity index (χ3v) is 2.92. The van der Waals surface area contributed by atoms with Gasteiger partial charge in [0.15, 0.2) is 0 Å². The second-order valence-electron chi connectivity index (χ2n) is 4.18. The van der Waals surface area contributed by atoms with Gasteiger partial charge in [0.25, 0.3) is 0 Å². The molecule has 0 radical (unpaired) electrons. The van der Waals surface area contributed by atoms with Gasteiger partial charge in [-0.3, -0.25) is 0 Å². The number of hydrogen-bond acceptors (Lipinski definition) is 2. The van der Waals surface area contributed by atoms with E-state index in [0.717, 1.165) is 25.5 Å². The Balaban J connectivity index is 2.49. The third kappa shape index (κ3) is 2.07. The number of aldehydes is 1. The van der Waals surface area contributed by atoms with Crippen molar-refractivity contribution < 1.29 is 9.90 Å². The first-order valence-electron chi connectivity index (χ1n) is 4.80. The summed E-state index contributed by atoms with van der Waals surface area (Å²) in [5.74, 6) is 0.272. The molecule has 1 rings (SSSR count). The molecule has 1 aliphatic rings. The van der Waals surface area contributed by atoms with E-state index in [9.17, 15) is 4.79 Å². The highest BCUT2D eigenvalue weighted by atomic mass is 16.3. The zero-order chi connectivity index (χ0) is 9.03. The molecule has 12 heavy (non-hydrogen) atoms. The number of aliphatic hydroxyl groups excluding tert-OH is 1. The average molecular weight is 170 g/mol. The topological polar surface area (TPSA) is 37.3 Å². The fourth-order valence-corrected chi connectivity index (χ4v) is 2.21. The maximum absolute atomic E-state index is 10.9. The molecule has 2 heteroatoms. The Morgan fingerprint density at radius 3 is 2.50 bits per heavy atom. The fourth-order valence-electron chi connectivity index (χ4n) is 2.21. The monoisotopic (exact) mass is 170 g/mol. The Hall–Kier alpha value is -0.370. The van der Waals surface area contributed by atoms with Gasteiger partial charge >= 0.3 is 0 Å². The zero-order valence-corrected chi connectivity index (χ0v) is 7.75. The predicted molar refractivity (Wildman–Crippen MR) is 47.8 cm³/mol. The molecular weight excluding hydrogens is 152 g/mol. The lowest BCUT2D eigenvalue weighted by Crippen LogP contribution is -2.22. The third-order valence-electron chi connectivity index (χ3n) is 2.92. The molecule has 2 nitrogen and oxygen atoms in total. The molecule has 1 atom stereocenters. The quantitative estimate of drug-likeness (QED) is 0.653. The molecule has 0 aliphatic heterocycles. The van der Waals surface area contributed by atoms with Crippen molar-refractivity contribution in [3.05, 3.63) is 0 Å². The normalized spacial score (nSPS) is 23.8. The first kappa shape index (κ1) is 9.72. The molecule has 0 heterocycles. The summed E-state index contributed by atoms with van der Waals surface area (Å²) in [5.41, 5.74) is -0.0812. The molecule has 1 aliphatic carbocycles. The van der Waals surface area contributed by atoms with Crippen molar-refractivity contribution in [2.24, 2.45) is 11.3 Å². The molecular formula is C10H18O2. The van der Waals surface area contributed by atoms with Crippen LogP contribution < -0.4 is 0 Å². The van der Waals surface area contributed by atoms with Crippen molar-refractivity contribution in [2.75, 3.05) is 6.61 Å². The summed E-state index contributed by atoms with van der Waals surface area (Å²) in [7, 11) is 0. The van der Waals surface area contributed by atoms with Crippen LogP contribution in [0.15, 0.2) is 0 Å². The number of carbonyl (C=O) groups is 1. The smallest absolute Gasteiger partial charge is 0.126 e. The van der Waals surface area contributed by atoms with Crippen molar-refractivity contribution in [1.82, 2.24) is 0 Å². The van der Waals surface area contributed by atoms with Crippen LogP contribution in [0.2, 0.25) is 0 Å². The SMILES string of the molecule is CC(CO)CC1(C=O)CCCC1. The molecule has 0 spiro atoms. The van der Waals surface area contributed by atoms with Gasteiger partial charge in [-0.25, -0.2) is 0 Å². The van der Waals surface area contributed by atoms with E-state index in [0.29, 0.717) is 0 Å². The largest absolute Gasteiger partial charge is 0.396 e. The summed E-state index contributed by atoms with van der Waals surface area (Å²) in [4.78, 5) is 10.9. The van der Waals surface area contributed by atoms with Crippen LogP contribution in [-0.4, -0.2) is 18.0 Å².